The van der Waals surface area contributed by atoms with Gasteiger partial charge in [-0.3, -0.25) is 0 Å². The predicted octanol–water partition coefficient (Wildman–Crippen LogP) is 2.01. The molecule has 112 valence electrons. The van der Waals surface area contributed by atoms with E-state index in [4.69, 9.17) is 10.00 Å². The summed E-state index contributed by atoms with van der Waals surface area (Å²) in [6.07, 6.45) is 1.33. The Bertz CT molecular complexity index is 568. The number of likely N-dealkylation sites (N-methyl/N-ethyl adjacent to an activating group) is 1. The average molecular weight is 288 g/mol. The second kappa shape index (κ2) is 5.60. The van der Waals surface area contributed by atoms with Crippen molar-refractivity contribution in [2.24, 2.45) is 0 Å². The maximum Gasteiger partial charge on any atom is 0.410 e. The van der Waals surface area contributed by atoms with E-state index in [9.17, 15) is 4.79 Å². The minimum atomic E-state index is -0.475. The van der Waals surface area contributed by atoms with Crippen LogP contribution in [0.15, 0.2) is 18.3 Å². The Kier molecular flexibility index (Phi) is 4.03. The third kappa shape index (κ3) is 3.63. The minimum Gasteiger partial charge on any atom is -0.444 e. The Morgan fingerprint density at radius 3 is 2.76 bits per heavy atom. The highest BCUT2D eigenvalue weighted by atomic mass is 16.6. The molecule has 2 heterocycles. The molecule has 1 amide bonds. The molecule has 0 aliphatic carbocycles. The quantitative estimate of drug-likeness (QED) is 0.832. The summed E-state index contributed by atoms with van der Waals surface area (Å²) in [5.74, 6) is 0.739. The lowest BCUT2D eigenvalue weighted by atomic mass is 10.1. The lowest BCUT2D eigenvalue weighted by Gasteiger charge is -2.44. The Hall–Kier alpha value is -2.29. The molecular weight excluding hydrogens is 268 g/mol. The molecule has 0 unspecified atom stereocenters. The van der Waals surface area contributed by atoms with E-state index in [0.29, 0.717) is 18.7 Å². The SMILES string of the molecule is CN(c1cc(C#N)ccn1)C1CN(C(=O)OC(C)(C)C)C1. The maximum absolute atomic E-state index is 11.9. The van der Waals surface area contributed by atoms with Crippen molar-refractivity contribution in [1.29, 1.82) is 5.26 Å². The lowest BCUT2D eigenvalue weighted by molar-refractivity contribution is 0.00847. The number of aromatic nitrogens is 1. The molecule has 6 heteroatoms. The fraction of sp³-hybridized carbons (Fsp3) is 0.533. The molecule has 21 heavy (non-hydrogen) atoms. The second-order valence-corrected chi connectivity index (χ2v) is 6.16. The van der Waals surface area contributed by atoms with Gasteiger partial charge in [0.2, 0.25) is 0 Å². The van der Waals surface area contributed by atoms with Gasteiger partial charge < -0.3 is 14.5 Å². The zero-order valence-corrected chi connectivity index (χ0v) is 12.8. The van der Waals surface area contributed by atoms with Crippen molar-refractivity contribution in [1.82, 2.24) is 9.88 Å². The zero-order valence-electron chi connectivity index (χ0n) is 12.8. The molecular formula is C15H20N4O2. The van der Waals surface area contributed by atoms with E-state index < -0.39 is 5.60 Å². The molecule has 1 aliphatic rings. The number of likely N-dealkylation sites (tertiary alicyclic amines) is 1. The van der Waals surface area contributed by atoms with Gasteiger partial charge in [-0.1, -0.05) is 0 Å². The fourth-order valence-corrected chi connectivity index (χ4v) is 2.04. The first kappa shape index (κ1) is 15.1. The number of nitriles is 1. The highest BCUT2D eigenvalue weighted by Gasteiger charge is 2.36. The van der Waals surface area contributed by atoms with Crippen LogP contribution in [0, 0.1) is 11.3 Å². The van der Waals surface area contributed by atoms with Crippen LogP contribution in [0.25, 0.3) is 0 Å². The normalized spacial score (nSPS) is 15.1. The van der Waals surface area contributed by atoms with Crippen molar-refractivity contribution in [3.63, 3.8) is 0 Å². The standard InChI is InChI=1S/C15H20N4O2/c1-15(2,3)21-14(20)19-9-12(10-19)18(4)13-7-11(8-16)5-6-17-13/h5-7,12H,9-10H2,1-4H3. The van der Waals surface area contributed by atoms with Crippen LogP contribution in [0.1, 0.15) is 26.3 Å². The van der Waals surface area contributed by atoms with Gasteiger partial charge in [-0.15, -0.1) is 0 Å². The molecule has 2 rings (SSSR count). The summed E-state index contributed by atoms with van der Waals surface area (Å²) in [4.78, 5) is 19.8. The summed E-state index contributed by atoms with van der Waals surface area (Å²) in [5.41, 5.74) is 0.103. The van der Waals surface area contributed by atoms with E-state index in [2.05, 4.69) is 11.1 Å². The summed E-state index contributed by atoms with van der Waals surface area (Å²) in [5, 5.41) is 8.91. The number of nitrogens with zero attached hydrogens (tertiary/aromatic N) is 4. The van der Waals surface area contributed by atoms with Gasteiger partial charge >= 0.3 is 6.09 Å². The largest absolute Gasteiger partial charge is 0.444 e. The molecule has 0 spiro atoms. The first-order valence-electron chi connectivity index (χ1n) is 6.87. The van der Waals surface area contributed by atoms with Crippen LogP contribution < -0.4 is 4.90 Å². The van der Waals surface area contributed by atoms with E-state index in [1.165, 1.54) is 0 Å². The average Bonchev–Trinajstić information content (AvgIpc) is 2.34. The second-order valence-electron chi connectivity index (χ2n) is 6.16. The number of carbonyl (C=O) groups is 1. The van der Waals surface area contributed by atoms with Crippen LogP contribution in [0.4, 0.5) is 10.6 Å². The highest BCUT2D eigenvalue weighted by molar-refractivity contribution is 5.69. The van der Waals surface area contributed by atoms with Crippen molar-refractivity contribution >= 4 is 11.9 Å². The van der Waals surface area contributed by atoms with E-state index in [1.54, 1.807) is 23.2 Å². The summed E-state index contributed by atoms with van der Waals surface area (Å²) >= 11 is 0. The third-order valence-corrected chi connectivity index (χ3v) is 3.30. The van der Waals surface area contributed by atoms with Crippen molar-refractivity contribution in [2.45, 2.75) is 32.4 Å². The molecule has 0 atom stereocenters. The summed E-state index contributed by atoms with van der Waals surface area (Å²) < 4.78 is 5.32. The van der Waals surface area contributed by atoms with Crippen LogP contribution in [-0.4, -0.2) is 47.8 Å². The van der Waals surface area contributed by atoms with Crippen molar-refractivity contribution in [3.8, 4) is 6.07 Å². The number of ether oxygens (including phenoxy) is 1. The molecule has 0 radical (unpaired) electrons. The van der Waals surface area contributed by atoms with Gasteiger partial charge in [-0.05, 0) is 32.9 Å². The van der Waals surface area contributed by atoms with Gasteiger partial charge in [-0.2, -0.15) is 5.26 Å². The van der Waals surface area contributed by atoms with Crippen molar-refractivity contribution in [3.05, 3.63) is 23.9 Å². The predicted molar refractivity (Wildman–Crippen MR) is 79.0 cm³/mol. The molecule has 1 aromatic heterocycles. The Morgan fingerprint density at radius 2 is 2.19 bits per heavy atom. The molecule has 1 aliphatic heterocycles. The number of hydrogen-bond donors (Lipinski definition) is 0. The van der Waals surface area contributed by atoms with Gasteiger partial charge in [0.25, 0.3) is 0 Å². The van der Waals surface area contributed by atoms with Crippen LogP contribution >= 0.6 is 0 Å². The minimum absolute atomic E-state index is 0.193. The molecule has 6 nitrogen and oxygen atoms in total. The Labute approximate surface area is 124 Å². The Morgan fingerprint density at radius 1 is 1.52 bits per heavy atom. The number of amides is 1. The van der Waals surface area contributed by atoms with Gasteiger partial charge in [0.15, 0.2) is 0 Å². The van der Waals surface area contributed by atoms with Gasteiger partial charge in [0.1, 0.15) is 11.4 Å². The van der Waals surface area contributed by atoms with Gasteiger partial charge in [-0.25, -0.2) is 9.78 Å². The fourth-order valence-electron chi connectivity index (χ4n) is 2.04. The monoisotopic (exact) mass is 288 g/mol. The first-order chi connectivity index (χ1) is 9.80. The molecule has 1 aromatic rings. The number of hydrogen-bond acceptors (Lipinski definition) is 5. The molecule has 0 N–H and O–H groups in total. The number of anilines is 1. The molecule has 1 fully saturated rings. The number of pyridine rings is 1. The third-order valence-electron chi connectivity index (χ3n) is 3.30. The topological polar surface area (TPSA) is 69.5 Å². The highest BCUT2D eigenvalue weighted by Crippen LogP contribution is 2.22. The van der Waals surface area contributed by atoms with Crippen LogP contribution in [0.3, 0.4) is 0 Å². The number of rotatable bonds is 2. The molecule has 1 saturated heterocycles. The summed E-state index contributed by atoms with van der Waals surface area (Å²) in [6.45, 7) is 6.76. The van der Waals surface area contributed by atoms with E-state index in [0.717, 1.165) is 5.82 Å². The van der Waals surface area contributed by atoms with Crippen molar-refractivity contribution in [2.75, 3.05) is 25.0 Å². The van der Waals surface area contributed by atoms with E-state index in [-0.39, 0.29) is 12.1 Å². The maximum atomic E-state index is 11.9. The van der Waals surface area contributed by atoms with Crippen LogP contribution in [0.2, 0.25) is 0 Å². The van der Waals surface area contributed by atoms with Gasteiger partial charge in [0.05, 0.1) is 17.7 Å². The van der Waals surface area contributed by atoms with Gasteiger partial charge in [0, 0.05) is 26.3 Å². The van der Waals surface area contributed by atoms with E-state index in [1.807, 2.05) is 32.7 Å². The first-order valence-corrected chi connectivity index (χ1v) is 6.87. The van der Waals surface area contributed by atoms with Crippen LogP contribution in [0.5, 0.6) is 0 Å². The number of carbonyl (C=O) groups excluding carboxylic acids is 1. The molecule has 0 saturated carbocycles. The zero-order chi connectivity index (χ0) is 15.6. The van der Waals surface area contributed by atoms with E-state index >= 15 is 0 Å². The molecule has 0 aromatic carbocycles. The lowest BCUT2D eigenvalue weighted by Crippen LogP contribution is -2.61. The van der Waals surface area contributed by atoms with Crippen molar-refractivity contribution < 1.29 is 9.53 Å². The molecule has 0 bridgehead atoms. The Balaban J connectivity index is 1.92. The smallest absolute Gasteiger partial charge is 0.410 e. The van der Waals surface area contributed by atoms with Crippen LogP contribution in [-0.2, 0) is 4.74 Å². The summed E-state index contributed by atoms with van der Waals surface area (Å²) in [6, 6.07) is 5.71. The summed E-state index contributed by atoms with van der Waals surface area (Å²) in [7, 11) is 1.92.